The number of nitrogens with one attached hydrogen (secondary N) is 1. The molecule has 1 N–H and O–H groups in total. The third-order valence-corrected chi connectivity index (χ3v) is 5.20. The van der Waals surface area contributed by atoms with Gasteiger partial charge in [0.15, 0.2) is 0 Å². The van der Waals surface area contributed by atoms with Crippen molar-refractivity contribution < 1.29 is 4.79 Å². The lowest BCUT2D eigenvalue weighted by molar-refractivity contribution is 0.188. The van der Waals surface area contributed by atoms with Crippen LogP contribution < -0.4 is 5.32 Å². The van der Waals surface area contributed by atoms with E-state index in [4.69, 9.17) is 11.6 Å². The van der Waals surface area contributed by atoms with Gasteiger partial charge in [0.2, 0.25) is 0 Å². The maximum atomic E-state index is 12.9. The molecular weight excluding hydrogens is 366 g/mol. The molecule has 0 aliphatic carbocycles. The lowest BCUT2D eigenvalue weighted by atomic mass is 10.1. The van der Waals surface area contributed by atoms with E-state index in [1.165, 1.54) is 4.88 Å². The molecule has 3 rings (SSSR count). The molecular formula is C20H20ClN3OS. The number of nitrogens with zero attached hydrogens (tertiary/aromatic N) is 2. The molecule has 1 atom stereocenters. The highest BCUT2D eigenvalue weighted by molar-refractivity contribution is 7.09. The molecule has 0 unspecified atom stereocenters. The number of benzene rings is 1. The lowest BCUT2D eigenvalue weighted by Crippen LogP contribution is -2.42. The molecule has 0 fully saturated rings. The molecule has 2 heterocycles. The number of hydrogen-bond donors (Lipinski definition) is 1. The number of thiophene rings is 1. The Labute approximate surface area is 162 Å². The van der Waals surface area contributed by atoms with Crippen LogP contribution in [0, 0.1) is 0 Å². The van der Waals surface area contributed by atoms with Gasteiger partial charge < -0.3 is 10.2 Å². The summed E-state index contributed by atoms with van der Waals surface area (Å²) in [4.78, 5) is 20.1. The van der Waals surface area contributed by atoms with Gasteiger partial charge in [-0.05, 0) is 48.2 Å². The van der Waals surface area contributed by atoms with Crippen molar-refractivity contribution in [1.29, 1.82) is 0 Å². The number of amides is 2. The van der Waals surface area contributed by atoms with Crippen molar-refractivity contribution in [3.63, 3.8) is 0 Å². The Morgan fingerprint density at radius 1 is 1.23 bits per heavy atom. The maximum absolute atomic E-state index is 12.9. The third-order valence-electron chi connectivity index (χ3n) is 4.05. The van der Waals surface area contributed by atoms with Gasteiger partial charge in [-0.3, -0.25) is 4.98 Å². The van der Waals surface area contributed by atoms with E-state index in [2.05, 4.69) is 28.7 Å². The second kappa shape index (κ2) is 8.83. The SMILES string of the molecule is C[C@@H](Cc1cccs1)N(Cc1ccc(Cl)cc1)C(=O)Nc1cccnc1. The zero-order valence-corrected chi connectivity index (χ0v) is 16.0. The van der Waals surface area contributed by atoms with Gasteiger partial charge in [0.05, 0.1) is 11.9 Å². The highest BCUT2D eigenvalue weighted by Gasteiger charge is 2.21. The van der Waals surface area contributed by atoms with Gasteiger partial charge in [-0.1, -0.05) is 29.8 Å². The number of pyridine rings is 1. The van der Waals surface area contributed by atoms with E-state index in [-0.39, 0.29) is 12.1 Å². The predicted molar refractivity (Wildman–Crippen MR) is 108 cm³/mol. The summed E-state index contributed by atoms with van der Waals surface area (Å²) >= 11 is 7.68. The normalized spacial score (nSPS) is 11.8. The predicted octanol–water partition coefficient (Wildman–Crippen LogP) is 5.46. The maximum Gasteiger partial charge on any atom is 0.322 e. The first-order chi connectivity index (χ1) is 12.6. The summed E-state index contributed by atoms with van der Waals surface area (Å²) in [5.74, 6) is 0. The quantitative estimate of drug-likeness (QED) is 0.612. The van der Waals surface area contributed by atoms with Crippen molar-refractivity contribution in [3.8, 4) is 0 Å². The summed E-state index contributed by atoms with van der Waals surface area (Å²) in [6.07, 6.45) is 4.13. The van der Waals surface area contributed by atoms with Crippen LogP contribution in [0.3, 0.4) is 0 Å². The lowest BCUT2D eigenvalue weighted by Gasteiger charge is -2.29. The summed E-state index contributed by atoms with van der Waals surface area (Å²) in [6, 6.07) is 15.2. The number of halogens is 1. The van der Waals surface area contributed by atoms with Crippen molar-refractivity contribution in [3.05, 3.63) is 81.8 Å². The monoisotopic (exact) mass is 385 g/mol. The van der Waals surface area contributed by atoms with E-state index in [0.29, 0.717) is 17.3 Å². The molecule has 0 saturated heterocycles. The van der Waals surface area contributed by atoms with Crippen LogP contribution in [-0.4, -0.2) is 22.0 Å². The zero-order chi connectivity index (χ0) is 18.4. The number of carbonyl (C=O) groups is 1. The van der Waals surface area contributed by atoms with Gasteiger partial charge in [-0.15, -0.1) is 11.3 Å². The molecule has 3 aromatic rings. The van der Waals surface area contributed by atoms with Crippen LogP contribution in [0.2, 0.25) is 5.02 Å². The number of carbonyl (C=O) groups excluding carboxylic acids is 1. The van der Waals surface area contributed by atoms with E-state index in [9.17, 15) is 4.79 Å². The zero-order valence-electron chi connectivity index (χ0n) is 14.4. The standard InChI is InChI=1S/C20H20ClN3OS/c1-15(12-19-5-3-11-26-19)24(14-16-6-8-17(21)9-7-16)20(25)23-18-4-2-10-22-13-18/h2-11,13,15H,12,14H2,1H3,(H,23,25)/t15-/m0/s1. The van der Waals surface area contributed by atoms with Crippen LogP contribution >= 0.6 is 22.9 Å². The Morgan fingerprint density at radius 2 is 2.04 bits per heavy atom. The van der Waals surface area contributed by atoms with Crippen LogP contribution in [0.5, 0.6) is 0 Å². The Bertz CT molecular complexity index is 822. The summed E-state index contributed by atoms with van der Waals surface area (Å²) in [7, 11) is 0. The second-order valence-corrected chi connectivity index (χ2v) is 7.53. The average molecular weight is 386 g/mol. The summed E-state index contributed by atoms with van der Waals surface area (Å²) in [6.45, 7) is 2.58. The first kappa shape index (κ1) is 18.4. The molecule has 26 heavy (non-hydrogen) atoms. The third kappa shape index (κ3) is 5.07. The molecule has 2 aromatic heterocycles. The van der Waals surface area contributed by atoms with Gasteiger partial charge in [0.25, 0.3) is 0 Å². The highest BCUT2D eigenvalue weighted by atomic mass is 35.5. The topological polar surface area (TPSA) is 45.2 Å². The molecule has 4 nitrogen and oxygen atoms in total. The number of rotatable bonds is 6. The largest absolute Gasteiger partial charge is 0.322 e. The Kier molecular flexibility index (Phi) is 6.26. The molecule has 1 aromatic carbocycles. The van der Waals surface area contributed by atoms with Gasteiger partial charge in [-0.25, -0.2) is 4.79 Å². The Hall–Kier alpha value is -2.37. The average Bonchev–Trinajstić information content (AvgIpc) is 3.15. The number of aromatic nitrogens is 1. The summed E-state index contributed by atoms with van der Waals surface area (Å²) in [5, 5.41) is 5.68. The smallest absolute Gasteiger partial charge is 0.317 e. The molecule has 0 saturated carbocycles. The van der Waals surface area contributed by atoms with Crippen molar-refractivity contribution in [2.75, 3.05) is 5.32 Å². The number of urea groups is 1. The van der Waals surface area contributed by atoms with E-state index >= 15 is 0 Å². The molecule has 0 aliphatic heterocycles. The molecule has 134 valence electrons. The molecule has 0 aliphatic rings. The second-order valence-electron chi connectivity index (χ2n) is 6.06. The Morgan fingerprint density at radius 3 is 2.69 bits per heavy atom. The van der Waals surface area contributed by atoms with E-state index in [0.717, 1.165) is 12.0 Å². The van der Waals surface area contributed by atoms with Crippen molar-refractivity contribution in [2.24, 2.45) is 0 Å². The Balaban J connectivity index is 1.77. The minimum atomic E-state index is -0.142. The van der Waals surface area contributed by atoms with Crippen LogP contribution in [0.25, 0.3) is 0 Å². The number of hydrogen-bond acceptors (Lipinski definition) is 3. The van der Waals surface area contributed by atoms with Gasteiger partial charge >= 0.3 is 6.03 Å². The first-order valence-electron chi connectivity index (χ1n) is 8.36. The molecule has 6 heteroatoms. The number of anilines is 1. The molecule has 2 amide bonds. The van der Waals surface area contributed by atoms with Gasteiger partial charge in [0, 0.05) is 35.1 Å². The minimum Gasteiger partial charge on any atom is -0.317 e. The van der Waals surface area contributed by atoms with E-state index in [1.807, 2.05) is 41.3 Å². The van der Waals surface area contributed by atoms with E-state index < -0.39 is 0 Å². The summed E-state index contributed by atoms with van der Waals surface area (Å²) in [5.41, 5.74) is 1.72. The highest BCUT2D eigenvalue weighted by Crippen LogP contribution is 2.19. The fourth-order valence-corrected chi connectivity index (χ4v) is 3.63. The van der Waals surface area contributed by atoms with Crippen molar-refractivity contribution in [2.45, 2.75) is 25.9 Å². The van der Waals surface area contributed by atoms with Gasteiger partial charge in [-0.2, -0.15) is 0 Å². The first-order valence-corrected chi connectivity index (χ1v) is 9.62. The minimum absolute atomic E-state index is 0.0426. The fraction of sp³-hybridized carbons (Fsp3) is 0.200. The molecule has 0 spiro atoms. The van der Waals surface area contributed by atoms with Crippen molar-refractivity contribution >= 4 is 34.7 Å². The van der Waals surface area contributed by atoms with Crippen LogP contribution in [0.1, 0.15) is 17.4 Å². The molecule has 0 bridgehead atoms. The fourth-order valence-electron chi connectivity index (χ4n) is 2.68. The molecule has 0 radical (unpaired) electrons. The van der Waals surface area contributed by atoms with Gasteiger partial charge in [0.1, 0.15) is 0 Å². The van der Waals surface area contributed by atoms with Crippen molar-refractivity contribution in [1.82, 2.24) is 9.88 Å². The van der Waals surface area contributed by atoms with E-state index in [1.54, 1.807) is 29.8 Å². The summed E-state index contributed by atoms with van der Waals surface area (Å²) < 4.78 is 0. The van der Waals surface area contributed by atoms with Crippen LogP contribution in [-0.2, 0) is 13.0 Å². The van der Waals surface area contributed by atoms with Crippen LogP contribution in [0.15, 0.2) is 66.3 Å². The van der Waals surface area contributed by atoms with Crippen LogP contribution in [0.4, 0.5) is 10.5 Å².